The van der Waals surface area contributed by atoms with E-state index in [4.69, 9.17) is 16.6 Å². The number of fused-ring (bicyclic) bond motifs is 2. The van der Waals surface area contributed by atoms with Crippen LogP contribution in [0, 0.1) is 0 Å². The molecule has 0 fully saturated rings. The summed E-state index contributed by atoms with van der Waals surface area (Å²) in [5.74, 6) is 0.597. The Kier molecular flexibility index (Phi) is 4.78. The van der Waals surface area contributed by atoms with Crippen LogP contribution < -0.4 is 5.56 Å². The van der Waals surface area contributed by atoms with Crippen LogP contribution in [0.2, 0.25) is 5.02 Å². The van der Waals surface area contributed by atoms with Crippen molar-refractivity contribution < 1.29 is 0 Å². The van der Waals surface area contributed by atoms with Gasteiger partial charge in [0.1, 0.15) is 5.82 Å². The van der Waals surface area contributed by atoms with Gasteiger partial charge in [-0.05, 0) is 42.0 Å². The molecule has 2 aromatic carbocycles. The van der Waals surface area contributed by atoms with E-state index in [1.54, 1.807) is 12.1 Å². The Bertz CT molecular complexity index is 1260. The van der Waals surface area contributed by atoms with Crippen LogP contribution >= 0.6 is 27.5 Å². The van der Waals surface area contributed by atoms with E-state index in [0.29, 0.717) is 17.4 Å². The fraction of sp³-hybridized carbons (Fsp3) is 0.182. The number of nitrogens with one attached hydrogen (secondary N) is 2. The maximum atomic E-state index is 12.8. The minimum atomic E-state index is -0.0650. The van der Waals surface area contributed by atoms with E-state index in [2.05, 4.69) is 49.1 Å². The number of hydrogen-bond acceptors (Lipinski definition) is 3. The van der Waals surface area contributed by atoms with E-state index in [-0.39, 0.29) is 5.56 Å². The van der Waals surface area contributed by atoms with Crippen LogP contribution in [-0.4, -0.2) is 26.4 Å². The van der Waals surface area contributed by atoms with Crippen molar-refractivity contribution in [2.75, 3.05) is 6.54 Å². The molecule has 0 atom stereocenters. The van der Waals surface area contributed by atoms with Crippen LogP contribution in [0.5, 0.6) is 0 Å². The SMILES string of the molecule is O=c1[nH]c(-c2ccc(Cl)cc2)nc2c1CN(Cc1c[nH]c3cccc(Br)c13)CC2. The summed E-state index contributed by atoms with van der Waals surface area (Å²) < 4.78 is 1.08. The topological polar surface area (TPSA) is 64.8 Å². The third-order valence-electron chi connectivity index (χ3n) is 5.40. The van der Waals surface area contributed by atoms with Gasteiger partial charge >= 0.3 is 0 Å². The molecule has 4 aromatic rings. The van der Waals surface area contributed by atoms with E-state index in [0.717, 1.165) is 46.3 Å². The van der Waals surface area contributed by atoms with Crippen molar-refractivity contribution in [2.45, 2.75) is 19.5 Å². The summed E-state index contributed by atoms with van der Waals surface area (Å²) >= 11 is 9.62. The van der Waals surface area contributed by atoms with Crippen molar-refractivity contribution in [1.82, 2.24) is 19.9 Å². The zero-order valence-electron chi connectivity index (χ0n) is 15.5. The van der Waals surface area contributed by atoms with Gasteiger partial charge in [0.2, 0.25) is 0 Å². The number of aromatic nitrogens is 3. The van der Waals surface area contributed by atoms with Crippen molar-refractivity contribution in [3.05, 3.63) is 85.3 Å². The lowest BCUT2D eigenvalue weighted by Gasteiger charge is -2.27. The molecule has 3 heterocycles. The first-order valence-corrected chi connectivity index (χ1v) is 10.6. The predicted molar refractivity (Wildman–Crippen MR) is 119 cm³/mol. The van der Waals surface area contributed by atoms with Gasteiger partial charge in [-0.15, -0.1) is 0 Å². The van der Waals surface area contributed by atoms with Gasteiger partial charge in [-0.1, -0.05) is 33.6 Å². The molecule has 29 heavy (non-hydrogen) atoms. The van der Waals surface area contributed by atoms with Crippen molar-refractivity contribution in [3.8, 4) is 11.4 Å². The Morgan fingerprint density at radius 1 is 1.17 bits per heavy atom. The minimum absolute atomic E-state index is 0.0650. The van der Waals surface area contributed by atoms with Gasteiger partial charge in [0.15, 0.2) is 0 Å². The smallest absolute Gasteiger partial charge is 0.255 e. The first kappa shape index (κ1) is 18.6. The van der Waals surface area contributed by atoms with Crippen LogP contribution in [0.4, 0.5) is 0 Å². The average molecular weight is 470 g/mol. The van der Waals surface area contributed by atoms with E-state index in [1.165, 1.54) is 10.9 Å². The summed E-state index contributed by atoms with van der Waals surface area (Å²) in [4.78, 5) is 26.1. The molecular weight excluding hydrogens is 452 g/mol. The first-order chi connectivity index (χ1) is 14.1. The monoisotopic (exact) mass is 468 g/mol. The molecule has 0 saturated carbocycles. The standard InChI is InChI=1S/C22H18BrClN4O/c23-17-2-1-3-19-20(17)14(10-25-19)11-28-9-8-18-16(12-28)22(29)27-21(26-18)13-4-6-15(24)7-5-13/h1-7,10,25H,8-9,11-12H2,(H,26,27,29). The summed E-state index contributed by atoms with van der Waals surface area (Å²) in [6, 6.07) is 13.5. The summed E-state index contributed by atoms with van der Waals surface area (Å²) in [5, 5.41) is 1.86. The Morgan fingerprint density at radius 3 is 2.83 bits per heavy atom. The highest BCUT2D eigenvalue weighted by Crippen LogP contribution is 2.29. The molecule has 0 unspecified atom stereocenters. The van der Waals surface area contributed by atoms with Crippen molar-refractivity contribution in [1.29, 1.82) is 0 Å². The van der Waals surface area contributed by atoms with Gasteiger partial charge in [-0.2, -0.15) is 0 Å². The fourth-order valence-electron chi connectivity index (χ4n) is 3.93. The summed E-state index contributed by atoms with van der Waals surface area (Å²) in [5.41, 5.74) is 4.77. The maximum absolute atomic E-state index is 12.8. The summed E-state index contributed by atoms with van der Waals surface area (Å²) in [7, 11) is 0. The highest BCUT2D eigenvalue weighted by atomic mass is 79.9. The third kappa shape index (κ3) is 3.52. The van der Waals surface area contributed by atoms with E-state index in [9.17, 15) is 4.79 Å². The summed E-state index contributed by atoms with van der Waals surface area (Å²) in [6.45, 7) is 2.23. The number of hydrogen-bond donors (Lipinski definition) is 2. The van der Waals surface area contributed by atoms with Crippen LogP contribution in [0.3, 0.4) is 0 Å². The zero-order valence-corrected chi connectivity index (χ0v) is 17.8. The van der Waals surface area contributed by atoms with Gasteiger partial charge in [-0.25, -0.2) is 4.98 Å². The molecule has 5 rings (SSSR count). The molecule has 7 heteroatoms. The number of H-pyrrole nitrogens is 2. The number of rotatable bonds is 3. The van der Waals surface area contributed by atoms with Crippen LogP contribution in [-0.2, 0) is 19.5 Å². The van der Waals surface area contributed by atoms with Crippen molar-refractivity contribution in [3.63, 3.8) is 0 Å². The lowest BCUT2D eigenvalue weighted by molar-refractivity contribution is 0.242. The molecule has 0 spiro atoms. The number of nitrogens with zero attached hydrogens (tertiary/aromatic N) is 2. The second-order valence-corrected chi connectivity index (χ2v) is 8.57. The number of benzene rings is 2. The van der Waals surface area contributed by atoms with Gasteiger partial charge in [0.25, 0.3) is 5.56 Å². The molecular formula is C22H18BrClN4O. The Balaban J connectivity index is 1.42. The molecule has 0 aliphatic carbocycles. The molecule has 1 aliphatic heterocycles. The first-order valence-electron chi connectivity index (χ1n) is 9.43. The van der Waals surface area contributed by atoms with Crippen molar-refractivity contribution in [2.24, 2.45) is 0 Å². The Hall–Kier alpha value is -2.41. The average Bonchev–Trinajstić information content (AvgIpc) is 3.13. The highest BCUT2D eigenvalue weighted by Gasteiger charge is 2.22. The predicted octanol–water partition coefficient (Wildman–Crippen LogP) is 4.89. The molecule has 0 amide bonds. The molecule has 5 nitrogen and oxygen atoms in total. The molecule has 0 radical (unpaired) electrons. The van der Waals surface area contributed by atoms with Gasteiger partial charge in [0, 0.05) is 58.2 Å². The quantitative estimate of drug-likeness (QED) is 0.449. The fourth-order valence-corrected chi connectivity index (χ4v) is 4.68. The second-order valence-electron chi connectivity index (χ2n) is 7.28. The summed E-state index contributed by atoms with van der Waals surface area (Å²) in [6.07, 6.45) is 2.81. The number of aromatic amines is 2. The van der Waals surface area contributed by atoms with E-state index < -0.39 is 0 Å². The van der Waals surface area contributed by atoms with Crippen LogP contribution in [0.1, 0.15) is 16.8 Å². The highest BCUT2D eigenvalue weighted by molar-refractivity contribution is 9.10. The lowest BCUT2D eigenvalue weighted by atomic mass is 10.1. The molecule has 2 aromatic heterocycles. The second kappa shape index (κ2) is 7.44. The molecule has 0 bridgehead atoms. The molecule has 2 N–H and O–H groups in total. The third-order valence-corrected chi connectivity index (χ3v) is 6.31. The normalized spacial score (nSPS) is 14.3. The Labute approximate surface area is 180 Å². The number of halogens is 2. The Morgan fingerprint density at radius 2 is 2.00 bits per heavy atom. The minimum Gasteiger partial charge on any atom is -0.361 e. The van der Waals surface area contributed by atoms with Gasteiger partial charge in [-0.3, -0.25) is 9.69 Å². The van der Waals surface area contributed by atoms with Gasteiger partial charge in [0.05, 0.1) is 11.3 Å². The largest absolute Gasteiger partial charge is 0.361 e. The maximum Gasteiger partial charge on any atom is 0.255 e. The molecule has 1 aliphatic rings. The van der Waals surface area contributed by atoms with Crippen LogP contribution in [0.25, 0.3) is 22.3 Å². The van der Waals surface area contributed by atoms with Crippen molar-refractivity contribution >= 4 is 38.4 Å². The lowest BCUT2D eigenvalue weighted by Crippen LogP contribution is -2.35. The van der Waals surface area contributed by atoms with Crippen LogP contribution in [0.15, 0.2) is 57.9 Å². The molecule has 146 valence electrons. The molecule has 0 saturated heterocycles. The zero-order chi connectivity index (χ0) is 20.0. The van der Waals surface area contributed by atoms with E-state index >= 15 is 0 Å². The van der Waals surface area contributed by atoms with E-state index in [1.807, 2.05) is 18.2 Å². The van der Waals surface area contributed by atoms with Gasteiger partial charge < -0.3 is 9.97 Å².